The van der Waals surface area contributed by atoms with Crippen molar-refractivity contribution in [3.8, 4) is 0 Å². The Morgan fingerprint density at radius 2 is 1.31 bits per heavy atom. The summed E-state index contributed by atoms with van der Waals surface area (Å²) in [5.41, 5.74) is 11.1. The van der Waals surface area contributed by atoms with Crippen molar-refractivity contribution < 1.29 is 0 Å². The fourth-order valence-electron chi connectivity index (χ4n) is 1.37. The fourth-order valence-corrected chi connectivity index (χ4v) is 1.81. The minimum Gasteiger partial charge on any atom is -0.330 e. The molecule has 0 aromatic heterocycles. The molecule has 0 aliphatic heterocycles. The lowest BCUT2D eigenvalue weighted by Gasteiger charge is -2.03. The van der Waals surface area contributed by atoms with Crippen LogP contribution in [-0.4, -0.2) is 10.6 Å². The molecule has 0 aliphatic rings. The molecule has 13 heavy (non-hydrogen) atoms. The van der Waals surface area contributed by atoms with E-state index >= 15 is 0 Å². The fraction of sp³-hybridized carbons (Fsp3) is 1.00. The zero-order chi connectivity index (χ0) is 9.94. The second kappa shape index (κ2) is 10.7. The minimum atomic E-state index is 0.356. The van der Waals surface area contributed by atoms with Crippen LogP contribution >= 0.6 is 22.6 Å². The van der Waals surface area contributed by atoms with Crippen LogP contribution in [0.3, 0.4) is 0 Å². The molecule has 0 spiro atoms. The van der Waals surface area contributed by atoms with Gasteiger partial charge in [-0.25, -0.2) is 0 Å². The summed E-state index contributed by atoms with van der Waals surface area (Å²) in [6, 6.07) is 0. The van der Waals surface area contributed by atoms with E-state index in [1.54, 1.807) is 0 Å². The van der Waals surface area contributed by atoms with E-state index in [-0.39, 0.29) is 0 Å². The van der Waals surface area contributed by atoms with E-state index in [0.717, 1.165) is 6.54 Å². The summed E-state index contributed by atoms with van der Waals surface area (Å²) in [4.78, 5) is 0. The number of rotatable bonds is 9. The second-order valence-corrected chi connectivity index (χ2v) is 5.17. The Balaban J connectivity index is 2.84. The number of hydrogen-bond acceptors (Lipinski definition) is 2. The third-order valence-corrected chi connectivity index (χ3v) is 2.81. The van der Waals surface area contributed by atoms with Gasteiger partial charge < -0.3 is 11.5 Å². The molecule has 2 nitrogen and oxygen atoms in total. The molecular weight excluding hydrogens is 275 g/mol. The lowest BCUT2D eigenvalue weighted by atomic mass is 10.1. The Morgan fingerprint density at radius 3 is 1.77 bits per heavy atom. The van der Waals surface area contributed by atoms with Crippen LogP contribution in [-0.2, 0) is 0 Å². The van der Waals surface area contributed by atoms with Gasteiger partial charge in [-0.1, -0.05) is 61.1 Å². The topological polar surface area (TPSA) is 52.0 Å². The van der Waals surface area contributed by atoms with E-state index in [9.17, 15) is 0 Å². The molecule has 0 bridgehead atoms. The van der Waals surface area contributed by atoms with Gasteiger partial charge in [-0.15, -0.1) is 0 Å². The summed E-state index contributed by atoms with van der Waals surface area (Å²) in [7, 11) is 0. The zero-order valence-corrected chi connectivity index (χ0v) is 10.6. The highest BCUT2D eigenvalue weighted by Gasteiger charge is 1.95. The smallest absolute Gasteiger partial charge is 0.0568 e. The second-order valence-electron chi connectivity index (χ2n) is 3.57. The van der Waals surface area contributed by atoms with Crippen molar-refractivity contribution in [2.45, 2.75) is 55.4 Å². The molecule has 0 aromatic rings. The van der Waals surface area contributed by atoms with Crippen molar-refractivity contribution in [1.82, 2.24) is 0 Å². The Kier molecular flexibility index (Phi) is 11.3. The lowest BCUT2D eigenvalue weighted by Crippen LogP contribution is -2.09. The minimum absolute atomic E-state index is 0.356. The van der Waals surface area contributed by atoms with Crippen molar-refractivity contribution >= 4 is 22.6 Å². The molecule has 0 saturated heterocycles. The summed E-state index contributed by atoms with van der Waals surface area (Å²) in [5.74, 6) is 0. The average molecular weight is 298 g/mol. The van der Waals surface area contributed by atoms with Crippen molar-refractivity contribution in [2.75, 3.05) is 6.54 Å². The molecule has 4 N–H and O–H groups in total. The summed E-state index contributed by atoms with van der Waals surface area (Å²) in [6.45, 7) is 0.851. The number of unbranched alkanes of at least 4 members (excludes halogenated alkanes) is 6. The van der Waals surface area contributed by atoms with Gasteiger partial charge in [-0.05, 0) is 19.4 Å². The molecule has 0 aromatic carbocycles. The first-order valence-electron chi connectivity index (χ1n) is 5.37. The molecule has 0 rings (SSSR count). The van der Waals surface area contributed by atoms with Crippen LogP contribution in [0, 0.1) is 0 Å². The summed E-state index contributed by atoms with van der Waals surface area (Å²) < 4.78 is 0.356. The molecular formula is C10H23IN2. The maximum atomic E-state index is 5.65. The Hall–Kier alpha value is 0.650. The predicted molar refractivity (Wildman–Crippen MR) is 68.0 cm³/mol. The largest absolute Gasteiger partial charge is 0.330 e. The number of halogens is 1. The maximum Gasteiger partial charge on any atom is 0.0568 e. The van der Waals surface area contributed by atoms with Crippen molar-refractivity contribution in [3.63, 3.8) is 0 Å². The number of hydrogen-bond donors (Lipinski definition) is 2. The van der Waals surface area contributed by atoms with Crippen LogP contribution in [0.5, 0.6) is 0 Å². The van der Waals surface area contributed by atoms with E-state index in [4.69, 9.17) is 11.5 Å². The number of nitrogens with two attached hydrogens (primary N) is 2. The molecule has 0 amide bonds. The van der Waals surface area contributed by atoms with Crippen LogP contribution < -0.4 is 11.5 Å². The molecule has 3 heteroatoms. The van der Waals surface area contributed by atoms with Gasteiger partial charge in [0, 0.05) is 0 Å². The first-order valence-corrected chi connectivity index (χ1v) is 6.61. The Bertz CT molecular complexity index is 96.9. The van der Waals surface area contributed by atoms with Crippen LogP contribution in [0.2, 0.25) is 0 Å². The summed E-state index contributed by atoms with van der Waals surface area (Å²) >= 11 is 2.29. The van der Waals surface area contributed by atoms with Gasteiger partial charge in [-0.3, -0.25) is 0 Å². The predicted octanol–water partition coefficient (Wildman–Crippen LogP) is 2.79. The summed E-state index contributed by atoms with van der Waals surface area (Å²) in [6.07, 6.45) is 10.4. The third kappa shape index (κ3) is 12.6. The molecule has 0 heterocycles. The quantitative estimate of drug-likeness (QED) is 0.298. The first kappa shape index (κ1) is 13.7. The molecule has 80 valence electrons. The van der Waals surface area contributed by atoms with Crippen LogP contribution in [0.4, 0.5) is 0 Å². The SMILES string of the molecule is NCCCCCCCCCC(N)I. The lowest BCUT2D eigenvalue weighted by molar-refractivity contribution is 0.569. The van der Waals surface area contributed by atoms with E-state index in [1.807, 2.05) is 0 Å². The van der Waals surface area contributed by atoms with E-state index < -0.39 is 0 Å². The highest BCUT2D eigenvalue weighted by molar-refractivity contribution is 14.1. The van der Waals surface area contributed by atoms with Crippen molar-refractivity contribution in [3.05, 3.63) is 0 Å². The average Bonchev–Trinajstić information content (AvgIpc) is 2.09. The van der Waals surface area contributed by atoms with Crippen LogP contribution in [0.15, 0.2) is 0 Å². The van der Waals surface area contributed by atoms with Gasteiger partial charge in [0.15, 0.2) is 0 Å². The van der Waals surface area contributed by atoms with Gasteiger partial charge in [-0.2, -0.15) is 0 Å². The molecule has 1 unspecified atom stereocenters. The summed E-state index contributed by atoms with van der Waals surface area (Å²) in [5, 5.41) is 0. The Morgan fingerprint density at radius 1 is 0.846 bits per heavy atom. The van der Waals surface area contributed by atoms with E-state index in [0.29, 0.717) is 4.05 Å². The zero-order valence-electron chi connectivity index (χ0n) is 8.47. The monoisotopic (exact) mass is 298 g/mol. The van der Waals surface area contributed by atoms with Crippen molar-refractivity contribution in [2.24, 2.45) is 11.5 Å². The molecule has 0 saturated carbocycles. The van der Waals surface area contributed by atoms with E-state index in [1.165, 1.54) is 51.4 Å². The number of alkyl halides is 1. The molecule has 1 atom stereocenters. The van der Waals surface area contributed by atoms with Gasteiger partial charge in [0.2, 0.25) is 0 Å². The normalized spacial score (nSPS) is 13.2. The van der Waals surface area contributed by atoms with Crippen LogP contribution in [0.25, 0.3) is 0 Å². The standard InChI is InChI=1S/C10H23IN2/c11-10(13)8-6-4-2-1-3-5-7-9-12/h10H,1-9,12-13H2. The molecule has 0 fully saturated rings. The molecule has 0 radical (unpaired) electrons. The Labute approximate surface area is 96.0 Å². The molecule has 0 aliphatic carbocycles. The third-order valence-electron chi connectivity index (χ3n) is 2.18. The van der Waals surface area contributed by atoms with E-state index in [2.05, 4.69) is 22.6 Å². The van der Waals surface area contributed by atoms with Gasteiger partial charge in [0.1, 0.15) is 0 Å². The first-order chi connectivity index (χ1) is 6.27. The van der Waals surface area contributed by atoms with Crippen LogP contribution in [0.1, 0.15) is 51.4 Å². The van der Waals surface area contributed by atoms with Crippen molar-refractivity contribution in [1.29, 1.82) is 0 Å². The van der Waals surface area contributed by atoms with Gasteiger partial charge in [0.05, 0.1) is 4.05 Å². The maximum absolute atomic E-state index is 5.65. The van der Waals surface area contributed by atoms with Gasteiger partial charge >= 0.3 is 0 Å². The highest BCUT2D eigenvalue weighted by atomic mass is 127. The highest BCUT2D eigenvalue weighted by Crippen LogP contribution is 2.10. The van der Waals surface area contributed by atoms with Gasteiger partial charge in [0.25, 0.3) is 0 Å².